The van der Waals surface area contributed by atoms with Gasteiger partial charge in [-0.2, -0.15) is 0 Å². The first-order valence-corrected chi connectivity index (χ1v) is 7.09. The smallest absolute Gasteiger partial charge is 0.0516 e. The second-order valence-corrected chi connectivity index (χ2v) is 5.32. The van der Waals surface area contributed by atoms with E-state index in [1.54, 1.807) is 11.3 Å². The maximum atomic E-state index is 6.16. The molecule has 0 aliphatic heterocycles. The van der Waals surface area contributed by atoms with Crippen LogP contribution in [0.15, 0.2) is 17.5 Å². The Morgan fingerprint density at radius 3 is 2.38 bits per heavy atom. The van der Waals surface area contributed by atoms with Crippen molar-refractivity contribution in [2.45, 2.75) is 51.6 Å². The van der Waals surface area contributed by atoms with E-state index in [9.17, 15) is 0 Å². The molecule has 0 saturated heterocycles. The van der Waals surface area contributed by atoms with Gasteiger partial charge in [0.05, 0.1) is 6.04 Å². The largest absolute Gasteiger partial charge is 0.322 e. The first-order chi connectivity index (χ1) is 7.67. The number of rotatable bonds is 7. The van der Waals surface area contributed by atoms with E-state index in [1.165, 1.54) is 4.88 Å². The molecule has 1 atom stereocenters. The summed E-state index contributed by atoms with van der Waals surface area (Å²) < 4.78 is 0. The molecule has 92 valence electrons. The third-order valence-electron chi connectivity index (χ3n) is 3.64. The topological polar surface area (TPSA) is 38.0 Å². The van der Waals surface area contributed by atoms with Crippen LogP contribution in [0.1, 0.15) is 51.0 Å². The minimum Gasteiger partial charge on any atom is -0.322 e. The Hall–Kier alpha value is -0.380. The molecular formula is C13H24N2S. The summed E-state index contributed by atoms with van der Waals surface area (Å²) in [5.41, 5.74) is 6.43. The fourth-order valence-corrected chi connectivity index (χ4v) is 2.78. The van der Waals surface area contributed by atoms with E-state index in [2.05, 4.69) is 43.6 Å². The summed E-state index contributed by atoms with van der Waals surface area (Å²) in [7, 11) is 0. The van der Waals surface area contributed by atoms with Crippen molar-refractivity contribution >= 4 is 11.3 Å². The molecule has 1 unspecified atom stereocenters. The number of nitrogens with one attached hydrogen (secondary N) is 1. The average Bonchev–Trinajstić information content (AvgIpc) is 2.85. The summed E-state index contributed by atoms with van der Waals surface area (Å²) in [6, 6.07) is 4.30. The van der Waals surface area contributed by atoms with E-state index in [0.29, 0.717) is 0 Å². The Morgan fingerprint density at radius 1 is 1.31 bits per heavy atom. The van der Waals surface area contributed by atoms with Crippen LogP contribution in [0.3, 0.4) is 0 Å². The van der Waals surface area contributed by atoms with Crippen molar-refractivity contribution in [3.05, 3.63) is 22.4 Å². The first-order valence-electron chi connectivity index (χ1n) is 6.21. The molecular weight excluding hydrogens is 216 g/mol. The average molecular weight is 240 g/mol. The van der Waals surface area contributed by atoms with E-state index >= 15 is 0 Å². The van der Waals surface area contributed by atoms with Crippen LogP contribution in [0.5, 0.6) is 0 Å². The van der Waals surface area contributed by atoms with Crippen LogP contribution in [-0.4, -0.2) is 12.1 Å². The van der Waals surface area contributed by atoms with Crippen molar-refractivity contribution < 1.29 is 0 Å². The first kappa shape index (κ1) is 13.7. The van der Waals surface area contributed by atoms with Gasteiger partial charge in [-0.15, -0.1) is 11.3 Å². The van der Waals surface area contributed by atoms with Gasteiger partial charge in [0.2, 0.25) is 0 Å². The van der Waals surface area contributed by atoms with Crippen LogP contribution >= 0.6 is 11.3 Å². The SMILES string of the molecule is CCC(CC)(CC)NCC(N)c1cccs1. The monoisotopic (exact) mass is 240 g/mol. The standard InChI is InChI=1S/C13H24N2S/c1-4-13(5-2,6-3)15-10-11(14)12-8-7-9-16-12/h7-9,11,15H,4-6,10,14H2,1-3H3. The lowest BCUT2D eigenvalue weighted by Gasteiger charge is -2.33. The summed E-state index contributed by atoms with van der Waals surface area (Å²) in [5, 5.41) is 5.74. The normalized spacial score (nSPS) is 14.0. The lowest BCUT2D eigenvalue weighted by atomic mass is 9.89. The van der Waals surface area contributed by atoms with Gasteiger partial charge in [0.1, 0.15) is 0 Å². The van der Waals surface area contributed by atoms with Crippen molar-refractivity contribution in [3.63, 3.8) is 0 Å². The molecule has 1 heterocycles. The van der Waals surface area contributed by atoms with Gasteiger partial charge in [0, 0.05) is 17.0 Å². The maximum absolute atomic E-state index is 6.16. The Labute approximate surface area is 103 Å². The van der Waals surface area contributed by atoms with Crippen LogP contribution in [0.4, 0.5) is 0 Å². The van der Waals surface area contributed by atoms with Gasteiger partial charge >= 0.3 is 0 Å². The van der Waals surface area contributed by atoms with Crippen LogP contribution in [0.25, 0.3) is 0 Å². The third kappa shape index (κ3) is 3.30. The van der Waals surface area contributed by atoms with Gasteiger partial charge in [-0.25, -0.2) is 0 Å². The zero-order valence-electron chi connectivity index (χ0n) is 10.6. The summed E-state index contributed by atoms with van der Waals surface area (Å²) in [5.74, 6) is 0. The number of hydrogen-bond donors (Lipinski definition) is 2. The van der Waals surface area contributed by atoms with Crippen molar-refractivity contribution in [1.82, 2.24) is 5.32 Å². The Balaban J connectivity index is 2.49. The molecule has 0 radical (unpaired) electrons. The number of thiophene rings is 1. The van der Waals surface area contributed by atoms with Gasteiger partial charge in [-0.1, -0.05) is 26.8 Å². The molecule has 0 amide bonds. The van der Waals surface area contributed by atoms with Crippen molar-refractivity contribution in [2.75, 3.05) is 6.54 Å². The highest BCUT2D eigenvalue weighted by molar-refractivity contribution is 7.10. The minimum absolute atomic E-state index is 0.129. The van der Waals surface area contributed by atoms with Crippen LogP contribution in [0.2, 0.25) is 0 Å². The Kier molecular flexibility index (Phi) is 5.46. The quantitative estimate of drug-likeness (QED) is 0.767. The predicted molar refractivity (Wildman–Crippen MR) is 72.9 cm³/mol. The zero-order chi connectivity index (χ0) is 12.0. The van der Waals surface area contributed by atoms with Crippen LogP contribution < -0.4 is 11.1 Å². The van der Waals surface area contributed by atoms with Gasteiger partial charge in [0.15, 0.2) is 0 Å². The molecule has 0 bridgehead atoms. The molecule has 2 nitrogen and oxygen atoms in total. The van der Waals surface area contributed by atoms with E-state index in [-0.39, 0.29) is 11.6 Å². The highest BCUT2D eigenvalue weighted by atomic mass is 32.1. The van der Waals surface area contributed by atoms with Crippen LogP contribution in [-0.2, 0) is 0 Å². The van der Waals surface area contributed by atoms with Crippen LogP contribution in [0, 0.1) is 0 Å². The summed E-state index contributed by atoms with van der Waals surface area (Å²) in [6.45, 7) is 7.61. The van der Waals surface area contributed by atoms with Gasteiger partial charge < -0.3 is 11.1 Å². The second kappa shape index (κ2) is 6.38. The van der Waals surface area contributed by atoms with E-state index in [4.69, 9.17) is 5.73 Å². The second-order valence-electron chi connectivity index (χ2n) is 4.34. The van der Waals surface area contributed by atoms with Crippen molar-refractivity contribution in [2.24, 2.45) is 5.73 Å². The van der Waals surface area contributed by atoms with Crippen molar-refractivity contribution in [1.29, 1.82) is 0 Å². The molecule has 0 aromatic carbocycles. The van der Waals surface area contributed by atoms with E-state index < -0.39 is 0 Å². The molecule has 0 fully saturated rings. The Bertz CT molecular complexity index is 270. The molecule has 1 aromatic heterocycles. The number of hydrogen-bond acceptors (Lipinski definition) is 3. The molecule has 3 heteroatoms. The maximum Gasteiger partial charge on any atom is 0.0516 e. The fourth-order valence-electron chi connectivity index (χ4n) is 2.05. The molecule has 0 aliphatic carbocycles. The molecule has 1 aromatic rings. The molecule has 0 aliphatic rings. The Morgan fingerprint density at radius 2 is 1.94 bits per heavy atom. The summed E-state index contributed by atoms with van der Waals surface area (Å²) in [4.78, 5) is 1.27. The minimum atomic E-state index is 0.129. The number of nitrogens with two attached hydrogens (primary N) is 1. The van der Waals surface area contributed by atoms with Crippen molar-refractivity contribution in [3.8, 4) is 0 Å². The lowest BCUT2D eigenvalue weighted by molar-refractivity contribution is 0.284. The van der Waals surface area contributed by atoms with Gasteiger partial charge in [0.25, 0.3) is 0 Å². The highest BCUT2D eigenvalue weighted by Gasteiger charge is 2.23. The molecule has 3 N–H and O–H groups in total. The van der Waals surface area contributed by atoms with Gasteiger partial charge in [-0.3, -0.25) is 0 Å². The summed E-state index contributed by atoms with van der Waals surface area (Å²) >= 11 is 1.74. The van der Waals surface area contributed by atoms with E-state index in [1.807, 2.05) is 0 Å². The molecule has 16 heavy (non-hydrogen) atoms. The fraction of sp³-hybridized carbons (Fsp3) is 0.692. The van der Waals surface area contributed by atoms with E-state index in [0.717, 1.165) is 25.8 Å². The highest BCUT2D eigenvalue weighted by Crippen LogP contribution is 2.21. The predicted octanol–water partition coefficient (Wildman–Crippen LogP) is 3.31. The molecule has 1 rings (SSSR count). The van der Waals surface area contributed by atoms with Gasteiger partial charge in [-0.05, 0) is 30.7 Å². The zero-order valence-corrected chi connectivity index (χ0v) is 11.4. The molecule has 0 spiro atoms. The summed E-state index contributed by atoms with van der Waals surface area (Å²) in [6.07, 6.45) is 3.49. The third-order valence-corrected chi connectivity index (χ3v) is 4.64. The molecule has 0 saturated carbocycles. The lowest BCUT2D eigenvalue weighted by Crippen LogP contribution is -2.46.